The molecule has 0 spiro atoms. The molecule has 1 aromatic rings. The van der Waals surface area contributed by atoms with E-state index in [1.807, 2.05) is 7.05 Å². The van der Waals surface area contributed by atoms with E-state index in [0.29, 0.717) is 0 Å². The highest BCUT2D eigenvalue weighted by Crippen LogP contribution is 2.12. The molecule has 0 amide bonds. The maximum absolute atomic E-state index is 5.33. The Morgan fingerprint density at radius 3 is 2.44 bits per heavy atom. The zero-order valence-corrected chi connectivity index (χ0v) is 11.1. The van der Waals surface area contributed by atoms with Crippen LogP contribution in [0.3, 0.4) is 0 Å². The van der Waals surface area contributed by atoms with Gasteiger partial charge >= 0.3 is 0 Å². The van der Waals surface area contributed by atoms with Gasteiger partial charge in [-0.05, 0) is 37.2 Å². The van der Waals surface area contributed by atoms with Crippen molar-refractivity contribution in [1.29, 1.82) is 0 Å². The molecule has 1 heterocycles. The molecule has 0 saturated carbocycles. The fourth-order valence-electron chi connectivity index (χ4n) is 2.11. The normalized spacial score (nSPS) is 16.5. The first-order valence-corrected chi connectivity index (χ1v) is 6.70. The minimum absolute atomic E-state index is 0.888. The molecule has 0 unspecified atom stereocenters. The van der Waals surface area contributed by atoms with E-state index in [9.17, 15) is 0 Å². The monoisotopic (exact) mass is 249 g/mol. The number of benzene rings is 1. The summed E-state index contributed by atoms with van der Waals surface area (Å²) in [4.78, 5) is 2.47. The van der Waals surface area contributed by atoms with Crippen LogP contribution in [0.5, 0.6) is 0 Å². The highest BCUT2D eigenvalue weighted by molar-refractivity contribution is 5.53. The Kier molecular flexibility index (Phi) is 5.30. The number of rotatable bonds is 6. The van der Waals surface area contributed by atoms with E-state index in [1.165, 1.54) is 12.1 Å². The third-order valence-corrected chi connectivity index (χ3v) is 3.26. The maximum atomic E-state index is 5.33. The van der Waals surface area contributed by atoms with Crippen LogP contribution in [-0.4, -0.2) is 51.3 Å². The summed E-state index contributed by atoms with van der Waals surface area (Å²) in [6.45, 7) is 6.12. The summed E-state index contributed by atoms with van der Waals surface area (Å²) in [6, 6.07) is 8.40. The lowest BCUT2D eigenvalue weighted by Gasteiger charge is -2.26. The molecule has 4 nitrogen and oxygen atoms in total. The van der Waals surface area contributed by atoms with Crippen molar-refractivity contribution < 1.29 is 4.74 Å². The quantitative estimate of drug-likeness (QED) is 0.755. The molecule has 0 atom stereocenters. The van der Waals surface area contributed by atoms with Gasteiger partial charge in [-0.15, -0.1) is 0 Å². The van der Waals surface area contributed by atoms with Crippen LogP contribution in [0, 0.1) is 0 Å². The Morgan fingerprint density at radius 1 is 1.11 bits per heavy atom. The lowest BCUT2D eigenvalue weighted by atomic mass is 10.2. The van der Waals surface area contributed by atoms with Gasteiger partial charge in [0.15, 0.2) is 0 Å². The first kappa shape index (κ1) is 13.2. The van der Waals surface area contributed by atoms with Gasteiger partial charge in [0, 0.05) is 38.1 Å². The highest BCUT2D eigenvalue weighted by atomic mass is 16.5. The topological polar surface area (TPSA) is 36.5 Å². The van der Waals surface area contributed by atoms with Crippen molar-refractivity contribution in [3.63, 3.8) is 0 Å². The molecule has 0 bridgehead atoms. The summed E-state index contributed by atoms with van der Waals surface area (Å²) in [5.74, 6) is 0. The van der Waals surface area contributed by atoms with E-state index in [-0.39, 0.29) is 0 Å². The van der Waals surface area contributed by atoms with Crippen LogP contribution in [0.2, 0.25) is 0 Å². The number of morpholine rings is 1. The van der Waals surface area contributed by atoms with Crippen LogP contribution in [0.1, 0.15) is 6.42 Å². The third-order valence-electron chi connectivity index (χ3n) is 3.26. The summed E-state index contributed by atoms with van der Waals surface area (Å²) in [7, 11) is 1.94. The standard InChI is InChI=1S/C14H23N3O/c1-15-13-3-5-14(6-4-13)16-7-2-8-17-9-11-18-12-10-17/h3-6,15-16H,2,7-12H2,1H3. The van der Waals surface area contributed by atoms with Gasteiger partial charge in [0.25, 0.3) is 0 Å². The van der Waals surface area contributed by atoms with Crippen molar-refractivity contribution in [3.05, 3.63) is 24.3 Å². The lowest BCUT2D eigenvalue weighted by molar-refractivity contribution is 0.0378. The van der Waals surface area contributed by atoms with Gasteiger partial charge in [0.2, 0.25) is 0 Å². The van der Waals surface area contributed by atoms with E-state index in [4.69, 9.17) is 4.74 Å². The SMILES string of the molecule is CNc1ccc(NCCCN2CCOCC2)cc1. The Bertz CT molecular complexity index is 333. The summed E-state index contributed by atoms with van der Waals surface area (Å²) >= 11 is 0. The van der Waals surface area contributed by atoms with Crippen molar-refractivity contribution in [2.24, 2.45) is 0 Å². The molecule has 0 aliphatic carbocycles. The number of ether oxygens (including phenoxy) is 1. The summed E-state index contributed by atoms with van der Waals surface area (Å²) < 4.78 is 5.33. The van der Waals surface area contributed by atoms with Crippen molar-refractivity contribution in [2.75, 3.05) is 57.1 Å². The number of hydrogen-bond acceptors (Lipinski definition) is 4. The number of anilines is 2. The van der Waals surface area contributed by atoms with Crippen LogP contribution < -0.4 is 10.6 Å². The van der Waals surface area contributed by atoms with Crippen molar-refractivity contribution in [2.45, 2.75) is 6.42 Å². The first-order valence-electron chi connectivity index (χ1n) is 6.70. The van der Waals surface area contributed by atoms with E-state index in [0.717, 1.165) is 45.1 Å². The molecule has 18 heavy (non-hydrogen) atoms. The molecule has 1 aliphatic heterocycles. The Labute approximate surface area is 109 Å². The van der Waals surface area contributed by atoms with Gasteiger partial charge < -0.3 is 15.4 Å². The lowest BCUT2D eigenvalue weighted by Crippen LogP contribution is -2.37. The molecule has 1 fully saturated rings. The van der Waals surface area contributed by atoms with Crippen LogP contribution in [-0.2, 0) is 4.74 Å². The largest absolute Gasteiger partial charge is 0.388 e. The Hall–Kier alpha value is -1.26. The molecule has 1 aromatic carbocycles. The van der Waals surface area contributed by atoms with Gasteiger partial charge in [0.05, 0.1) is 13.2 Å². The Balaban J connectivity index is 1.62. The predicted octanol–water partition coefficient (Wildman–Crippen LogP) is 1.86. The molecule has 0 aromatic heterocycles. The van der Waals surface area contributed by atoms with Crippen LogP contribution in [0.4, 0.5) is 11.4 Å². The van der Waals surface area contributed by atoms with Crippen LogP contribution in [0.25, 0.3) is 0 Å². The van der Waals surface area contributed by atoms with Gasteiger partial charge in [0.1, 0.15) is 0 Å². The molecule has 2 N–H and O–H groups in total. The average molecular weight is 249 g/mol. The van der Waals surface area contributed by atoms with Crippen LogP contribution in [0.15, 0.2) is 24.3 Å². The van der Waals surface area contributed by atoms with Gasteiger partial charge in [-0.2, -0.15) is 0 Å². The summed E-state index contributed by atoms with van der Waals surface area (Å²) in [6.07, 6.45) is 1.17. The van der Waals surface area contributed by atoms with E-state index in [2.05, 4.69) is 39.8 Å². The van der Waals surface area contributed by atoms with Gasteiger partial charge in [-0.1, -0.05) is 0 Å². The molecule has 2 rings (SSSR count). The number of hydrogen-bond donors (Lipinski definition) is 2. The van der Waals surface area contributed by atoms with Crippen molar-refractivity contribution in [3.8, 4) is 0 Å². The van der Waals surface area contributed by atoms with Crippen molar-refractivity contribution >= 4 is 11.4 Å². The average Bonchev–Trinajstić information content (AvgIpc) is 2.45. The molecule has 1 saturated heterocycles. The highest BCUT2D eigenvalue weighted by Gasteiger charge is 2.08. The molecule has 1 aliphatic rings. The van der Waals surface area contributed by atoms with Gasteiger partial charge in [-0.3, -0.25) is 4.90 Å². The number of nitrogens with zero attached hydrogens (tertiary/aromatic N) is 1. The van der Waals surface area contributed by atoms with E-state index >= 15 is 0 Å². The fraction of sp³-hybridized carbons (Fsp3) is 0.571. The fourth-order valence-corrected chi connectivity index (χ4v) is 2.11. The number of nitrogens with one attached hydrogen (secondary N) is 2. The summed E-state index contributed by atoms with van der Waals surface area (Å²) in [5.41, 5.74) is 2.34. The second kappa shape index (κ2) is 7.24. The zero-order valence-electron chi connectivity index (χ0n) is 11.1. The second-order valence-electron chi connectivity index (χ2n) is 4.56. The second-order valence-corrected chi connectivity index (χ2v) is 4.56. The molecule has 4 heteroatoms. The third kappa shape index (κ3) is 4.20. The smallest absolute Gasteiger partial charge is 0.0594 e. The minimum atomic E-state index is 0.888. The maximum Gasteiger partial charge on any atom is 0.0594 e. The first-order chi connectivity index (χ1) is 8.88. The van der Waals surface area contributed by atoms with Crippen LogP contribution >= 0.6 is 0 Å². The van der Waals surface area contributed by atoms with Crippen molar-refractivity contribution in [1.82, 2.24) is 4.90 Å². The molecular weight excluding hydrogens is 226 g/mol. The zero-order chi connectivity index (χ0) is 12.6. The predicted molar refractivity (Wildman–Crippen MR) is 76.4 cm³/mol. The Morgan fingerprint density at radius 2 is 1.78 bits per heavy atom. The summed E-state index contributed by atoms with van der Waals surface area (Å²) in [5, 5.41) is 6.57. The molecule has 0 radical (unpaired) electrons. The molecule has 100 valence electrons. The van der Waals surface area contributed by atoms with E-state index < -0.39 is 0 Å². The van der Waals surface area contributed by atoms with E-state index in [1.54, 1.807) is 0 Å². The van der Waals surface area contributed by atoms with Gasteiger partial charge in [-0.25, -0.2) is 0 Å². The minimum Gasteiger partial charge on any atom is -0.388 e. The molecular formula is C14H23N3O.